The predicted octanol–water partition coefficient (Wildman–Crippen LogP) is 3.32. The molecule has 1 rings (SSSR count). The molecule has 1 aromatic carbocycles. The SMILES string of the molecule is CCC(C)OP(=O)(O)C(F)(F)c1ccccc1N. The average Bonchev–Trinajstić information content (AvgIpc) is 2.28. The van der Waals surface area contributed by atoms with Gasteiger partial charge in [0.05, 0.1) is 11.7 Å². The van der Waals surface area contributed by atoms with E-state index in [0.29, 0.717) is 6.42 Å². The van der Waals surface area contributed by atoms with Crippen LogP contribution in [0.15, 0.2) is 24.3 Å². The number of rotatable bonds is 5. The number of benzene rings is 1. The Hall–Kier alpha value is -0.970. The van der Waals surface area contributed by atoms with Gasteiger partial charge in [-0.05, 0) is 19.4 Å². The van der Waals surface area contributed by atoms with Gasteiger partial charge in [-0.1, -0.05) is 25.1 Å². The highest BCUT2D eigenvalue weighted by molar-refractivity contribution is 7.53. The molecule has 0 aliphatic rings. The first-order chi connectivity index (χ1) is 8.22. The Morgan fingerprint density at radius 1 is 1.50 bits per heavy atom. The number of para-hydroxylation sites is 1. The molecule has 0 aliphatic heterocycles. The van der Waals surface area contributed by atoms with Crippen LogP contribution < -0.4 is 5.73 Å². The fourth-order valence-corrected chi connectivity index (χ4v) is 2.59. The van der Waals surface area contributed by atoms with Crippen LogP contribution in [0.1, 0.15) is 25.8 Å². The van der Waals surface area contributed by atoms with Crippen LogP contribution in [0.2, 0.25) is 0 Å². The third-order valence-electron chi connectivity index (χ3n) is 2.54. The first kappa shape index (κ1) is 15.1. The van der Waals surface area contributed by atoms with Crippen molar-refractivity contribution in [2.24, 2.45) is 0 Å². The Balaban J connectivity index is 3.13. The second-order valence-corrected chi connectivity index (χ2v) is 5.79. The molecular formula is C11H16F2NO3P. The molecule has 0 heterocycles. The summed E-state index contributed by atoms with van der Waals surface area (Å²) < 4.78 is 44.2. The summed E-state index contributed by atoms with van der Waals surface area (Å²) in [5.74, 6) is 0. The highest BCUT2D eigenvalue weighted by Gasteiger charge is 2.54. The lowest BCUT2D eigenvalue weighted by atomic mass is 10.2. The number of nitrogen functional groups attached to an aromatic ring is 1. The summed E-state index contributed by atoms with van der Waals surface area (Å²) in [4.78, 5) is 9.45. The van der Waals surface area contributed by atoms with E-state index in [1.165, 1.54) is 25.1 Å². The van der Waals surface area contributed by atoms with Crippen LogP contribution in [-0.4, -0.2) is 11.0 Å². The van der Waals surface area contributed by atoms with Crippen molar-refractivity contribution in [2.75, 3.05) is 5.73 Å². The molecule has 7 heteroatoms. The monoisotopic (exact) mass is 279 g/mol. The lowest BCUT2D eigenvalue weighted by Crippen LogP contribution is -2.20. The Morgan fingerprint density at radius 2 is 2.06 bits per heavy atom. The molecule has 2 atom stereocenters. The lowest BCUT2D eigenvalue weighted by molar-refractivity contribution is 0.0353. The Labute approximate surface area is 104 Å². The summed E-state index contributed by atoms with van der Waals surface area (Å²) in [6.07, 6.45) is -0.387. The molecular weight excluding hydrogens is 263 g/mol. The van der Waals surface area contributed by atoms with Gasteiger partial charge in [0, 0.05) is 5.69 Å². The van der Waals surface area contributed by atoms with E-state index in [2.05, 4.69) is 4.52 Å². The predicted molar refractivity (Wildman–Crippen MR) is 65.4 cm³/mol. The van der Waals surface area contributed by atoms with E-state index in [4.69, 9.17) is 5.73 Å². The maximum absolute atomic E-state index is 14.0. The number of nitrogens with two attached hydrogens (primary N) is 1. The molecule has 18 heavy (non-hydrogen) atoms. The Kier molecular flexibility index (Phi) is 4.48. The van der Waals surface area contributed by atoms with Gasteiger partial charge in [0.1, 0.15) is 0 Å². The largest absolute Gasteiger partial charge is 0.402 e. The quantitative estimate of drug-likeness (QED) is 0.640. The maximum atomic E-state index is 14.0. The second kappa shape index (κ2) is 5.34. The van der Waals surface area contributed by atoms with E-state index in [0.717, 1.165) is 6.07 Å². The molecule has 3 N–H and O–H groups in total. The second-order valence-electron chi connectivity index (χ2n) is 3.97. The molecule has 102 valence electrons. The zero-order valence-electron chi connectivity index (χ0n) is 10.1. The van der Waals surface area contributed by atoms with Crippen molar-refractivity contribution < 1.29 is 22.8 Å². The summed E-state index contributed by atoms with van der Waals surface area (Å²) in [5.41, 5.74) is 0.432. The average molecular weight is 279 g/mol. The van der Waals surface area contributed by atoms with Crippen LogP contribution >= 0.6 is 7.60 Å². The fourth-order valence-electron chi connectivity index (χ4n) is 1.31. The standard InChI is InChI=1S/C11H16F2NO3P/c1-3-8(2)17-18(15,16)11(12,13)9-6-4-5-7-10(9)14/h4-8H,3,14H2,1-2H3,(H,15,16). The van der Waals surface area contributed by atoms with Crippen molar-refractivity contribution in [3.05, 3.63) is 29.8 Å². The Bertz CT molecular complexity index is 467. The van der Waals surface area contributed by atoms with Crippen molar-refractivity contribution in [1.29, 1.82) is 0 Å². The molecule has 0 amide bonds. The van der Waals surface area contributed by atoms with Gasteiger partial charge in [-0.3, -0.25) is 4.57 Å². The Morgan fingerprint density at radius 3 is 2.56 bits per heavy atom. The number of anilines is 1. The normalized spacial score (nSPS) is 17.2. The molecule has 0 spiro atoms. The summed E-state index contributed by atoms with van der Waals surface area (Å²) in [6.45, 7) is 3.12. The molecule has 0 saturated heterocycles. The van der Waals surface area contributed by atoms with Gasteiger partial charge in [0.15, 0.2) is 0 Å². The molecule has 1 aromatic rings. The first-order valence-corrected chi connectivity index (χ1v) is 7.04. The van der Waals surface area contributed by atoms with E-state index in [1.54, 1.807) is 6.92 Å². The van der Waals surface area contributed by atoms with Crippen molar-refractivity contribution in [2.45, 2.75) is 32.0 Å². The minimum absolute atomic E-state index is 0.246. The van der Waals surface area contributed by atoms with Gasteiger partial charge in [0.25, 0.3) is 0 Å². The molecule has 0 saturated carbocycles. The van der Waals surface area contributed by atoms with E-state index >= 15 is 0 Å². The number of halogens is 2. The number of hydrogen-bond acceptors (Lipinski definition) is 3. The van der Waals surface area contributed by atoms with Crippen LogP contribution in [0.5, 0.6) is 0 Å². The van der Waals surface area contributed by atoms with Crippen LogP contribution in [-0.2, 0) is 14.8 Å². The van der Waals surface area contributed by atoms with Gasteiger partial charge in [-0.15, -0.1) is 0 Å². The summed E-state index contributed by atoms with van der Waals surface area (Å²) in [5, 5.41) is 0. The number of alkyl halides is 2. The van der Waals surface area contributed by atoms with Crippen LogP contribution in [0.4, 0.5) is 14.5 Å². The van der Waals surface area contributed by atoms with Crippen LogP contribution in [0, 0.1) is 0 Å². The van der Waals surface area contributed by atoms with E-state index in [9.17, 15) is 18.2 Å². The summed E-state index contributed by atoms with van der Waals surface area (Å²) >= 11 is 0. The van der Waals surface area contributed by atoms with Gasteiger partial charge in [0.2, 0.25) is 0 Å². The van der Waals surface area contributed by atoms with E-state index in [1.807, 2.05) is 0 Å². The molecule has 0 aromatic heterocycles. The van der Waals surface area contributed by atoms with Crippen molar-refractivity contribution >= 4 is 13.3 Å². The minimum Gasteiger partial charge on any atom is -0.398 e. The van der Waals surface area contributed by atoms with Gasteiger partial charge >= 0.3 is 13.3 Å². The van der Waals surface area contributed by atoms with Crippen molar-refractivity contribution in [3.8, 4) is 0 Å². The maximum Gasteiger partial charge on any atom is 0.402 e. The molecule has 2 unspecified atom stereocenters. The first-order valence-electron chi connectivity index (χ1n) is 5.46. The highest BCUT2D eigenvalue weighted by atomic mass is 31.2. The number of hydrogen-bond donors (Lipinski definition) is 2. The fraction of sp³-hybridized carbons (Fsp3) is 0.455. The minimum atomic E-state index is -5.13. The van der Waals surface area contributed by atoms with Crippen molar-refractivity contribution in [1.82, 2.24) is 0 Å². The molecule has 0 fully saturated rings. The summed E-state index contributed by atoms with van der Waals surface area (Å²) in [6, 6.07) is 5.04. The topological polar surface area (TPSA) is 72.5 Å². The van der Waals surface area contributed by atoms with Gasteiger partial charge in [-0.2, -0.15) is 8.78 Å². The lowest BCUT2D eigenvalue weighted by Gasteiger charge is -2.25. The molecule has 0 bridgehead atoms. The van der Waals surface area contributed by atoms with E-state index in [-0.39, 0.29) is 5.69 Å². The van der Waals surface area contributed by atoms with Gasteiger partial charge < -0.3 is 15.2 Å². The van der Waals surface area contributed by atoms with Crippen molar-refractivity contribution in [3.63, 3.8) is 0 Å². The third-order valence-corrected chi connectivity index (χ3v) is 4.13. The highest BCUT2D eigenvalue weighted by Crippen LogP contribution is 2.64. The third kappa shape index (κ3) is 2.88. The zero-order chi connectivity index (χ0) is 14.0. The zero-order valence-corrected chi connectivity index (χ0v) is 11.0. The van der Waals surface area contributed by atoms with Crippen LogP contribution in [0.3, 0.4) is 0 Å². The molecule has 0 radical (unpaired) electrons. The molecule has 0 aliphatic carbocycles. The summed E-state index contributed by atoms with van der Waals surface area (Å²) in [7, 11) is -5.13. The van der Waals surface area contributed by atoms with E-state index < -0.39 is 24.9 Å². The molecule has 4 nitrogen and oxygen atoms in total. The van der Waals surface area contributed by atoms with Gasteiger partial charge in [-0.25, -0.2) is 0 Å². The van der Waals surface area contributed by atoms with Crippen LogP contribution in [0.25, 0.3) is 0 Å². The smallest absolute Gasteiger partial charge is 0.398 e.